The minimum absolute atomic E-state index is 0.0490. The van der Waals surface area contributed by atoms with Crippen LogP contribution >= 0.6 is 0 Å². The van der Waals surface area contributed by atoms with E-state index in [0.29, 0.717) is 13.1 Å². The lowest BCUT2D eigenvalue weighted by Gasteiger charge is -2.14. The molecular formula is C13H16N2O2. The SMILES string of the molecule is CNCC(=O)N(C)Cc1cc2ccccc2o1. The van der Waals surface area contributed by atoms with Crippen molar-refractivity contribution in [3.63, 3.8) is 0 Å². The Hall–Kier alpha value is -1.81. The highest BCUT2D eigenvalue weighted by Crippen LogP contribution is 2.19. The van der Waals surface area contributed by atoms with Crippen molar-refractivity contribution in [2.24, 2.45) is 0 Å². The van der Waals surface area contributed by atoms with Gasteiger partial charge in [0.15, 0.2) is 0 Å². The molecule has 0 fully saturated rings. The highest BCUT2D eigenvalue weighted by Gasteiger charge is 2.10. The fourth-order valence-electron chi connectivity index (χ4n) is 1.72. The number of amides is 1. The number of nitrogens with one attached hydrogen (secondary N) is 1. The van der Waals surface area contributed by atoms with Crippen molar-refractivity contribution >= 4 is 16.9 Å². The molecule has 4 nitrogen and oxygen atoms in total. The van der Waals surface area contributed by atoms with E-state index in [1.165, 1.54) is 0 Å². The van der Waals surface area contributed by atoms with Crippen LogP contribution in [0.2, 0.25) is 0 Å². The van der Waals surface area contributed by atoms with Crippen LogP contribution in [0.25, 0.3) is 11.0 Å². The predicted octanol–water partition coefficient (Wildman–Crippen LogP) is 1.61. The molecule has 2 rings (SSSR count). The summed E-state index contributed by atoms with van der Waals surface area (Å²) in [7, 11) is 3.53. The smallest absolute Gasteiger partial charge is 0.236 e. The molecule has 0 aliphatic carbocycles. The molecule has 1 aromatic carbocycles. The first kappa shape index (κ1) is 11.7. The first-order valence-corrected chi connectivity index (χ1v) is 5.56. The van der Waals surface area contributed by atoms with Gasteiger partial charge < -0.3 is 14.6 Å². The lowest BCUT2D eigenvalue weighted by atomic mass is 10.2. The quantitative estimate of drug-likeness (QED) is 0.871. The summed E-state index contributed by atoms with van der Waals surface area (Å²) in [5.41, 5.74) is 0.858. The van der Waals surface area contributed by atoms with E-state index in [2.05, 4.69) is 5.32 Å². The molecule has 0 unspecified atom stereocenters. The van der Waals surface area contributed by atoms with Gasteiger partial charge in [0.05, 0.1) is 13.1 Å². The zero-order valence-electron chi connectivity index (χ0n) is 10.1. The Balaban J connectivity index is 2.10. The Morgan fingerprint density at radius 3 is 2.88 bits per heavy atom. The van der Waals surface area contributed by atoms with E-state index in [-0.39, 0.29) is 5.91 Å². The normalized spacial score (nSPS) is 10.7. The summed E-state index contributed by atoms with van der Waals surface area (Å²) in [6, 6.07) is 9.80. The van der Waals surface area contributed by atoms with E-state index in [0.717, 1.165) is 16.7 Å². The summed E-state index contributed by atoms with van der Waals surface area (Å²) in [5.74, 6) is 0.853. The van der Waals surface area contributed by atoms with E-state index >= 15 is 0 Å². The second kappa shape index (κ2) is 5.01. The van der Waals surface area contributed by atoms with Crippen molar-refractivity contribution < 1.29 is 9.21 Å². The van der Waals surface area contributed by atoms with Crippen LogP contribution in [-0.2, 0) is 11.3 Å². The van der Waals surface area contributed by atoms with Crippen LogP contribution < -0.4 is 5.32 Å². The van der Waals surface area contributed by atoms with Crippen molar-refractivity contribution in [1.82, 2.24) is 10.2 Å². The Kier molecular flexibility index (Phi) is 3.44. The first-order valence-electron chi connectivity index (χ1n) is 5.56. The van der Waals surface area contributed by atoms with E-state index in [4.69, 9.17) is 4.42 Å². The third kappa shape index (κ3) is 2.65. The number of furan rings is 1. The zero-order chi connectivity index (χ0) is 12.3. The average Bonchev–Trinajstić information content (AvgIpc) is 2.71. The summed E-state index contributed by atoms with van der Waals surface area (Å²) in [4.78, 5) is 13.2. The molecule has 1 amide bonds. The topological polar surface area (TPSA) is 45.5 Å². The van der Waals surface area contributed by atoms with E-state index in [9.17, 15) is 4.79 Å². The van der Waals surface area contributed by atoms with Gasteiger partial charge >= 0.3 is 0 Å². The molecule has 0 aliphatic heterocycles. The van der Waals surface area contributed by atoms with Crippen LogP contribution in [0.5, 0.6) is 0 Å². The van der Waals surface area contributed by atoms with Gasteiger partial charge in [0.25, 0.3) is 0 Å². The van der Waals surface area contributed by atoms with E-state index in [1.807, 2.05) is 30.3 Å². The average molecular weight is 232 g/mol. The molecular weight excluding hydrogens is 216 g/mol. The molecule has 2 aromatic rings. The number of hydrogen-bond acceptors (Lipinski definition) is 3. The molecule has 0 atom stereocenters. The summed E-state index contributed by atoms with van der Waals surface area (Å²) in [5, 5.41) is 3.91. The molecule has 4 heteroatoms. The maximum Gasteiger partial charge on any atom is 0.236 e. The highest BCUT2D eigenvalue weighted by atomic mass is 16.3. The Morgan fingerprint density at radius 2 is 2.18 bits per heavy atom. The number of para-hydroxylation sites is 1. The van der Waals surface area contributed by atoms with Crippen LogP contribution in [0.3, 0.4) is 0 Å². The van der Waals surface area contributed by atoms with Crippen LogP contribution in [0, 0.1) is 0 Å². The minimum atomic E-state index is 0.0490. The number of fused-ring (bicyclic) bond motifs is 1. The second-order valence-electron chi connectivity index (χ2n) is 4.03. The lowest BCUT2D eigenvalue weighted by Crippen LogP contribution is -2.33. The number of likely N-dealkylation sites (N-methyl/N-ethyl adjacent to an activating group) is 2. The van der Waals surface area contributed by atoms with Crippen LogP contribution in [0.15, 0.2) is 34.7 Å². The predicted molar refractivity (Wildman–Crippen MR) is 66.6 cm³/mol. The van der Waals surface area contributed by atoms with Crippen LogP contribution in [0.4, 0.5) is 0 Å². The Morgan fingerprint density at radius 1 is 1.41 bits per heavy atom. The zero-order valence-corrected chi connectivity index (χ0v) is 10.1. The number of rotatable bonds is 4. The van der Waals surface area contributed by atoms with Crippen molar-refractivity contribution in [2.45, 2.75) is 6.54 Å². The molecule has 0 radical (unpaired) electrons. The highest BCUT2D eigenvalue weighted by molar-refractivity contribution is 5.79. The number of benzene rings is 1. The maximum absolute atomic E-state index is 11.6. The summed E-state index contributed by atoms with van der Waals surface area (Å²) < 4.78 is 5.65. The van der Waals surface area contributed by atoms with Gasteiger partial charge in [-0.05, 0) is 19.2 Å². The Labute approximate surface area is 100 Å². The second-order valence-corrected chi connectivity index (χ2v) is 4.03. The van der Waals surface area contributed by atoms with Gasteiger partial charge in [-0.25, -0.2) is 0 Å². The fraction of sp³-hybridized carbons (Fsp3) is 0.308. The number of nitrogens with zero attached hydrogens (tertiary/aromatic N) is 1. The lowest BCUT2D eigenvalue weighted by molar-refractivity contribution is -0.129. The van der Waals surface area contributed by atoms with Gasteiger partial charge in [0.2, 0.25) is 5.91 Å². The van der Waals surface area contributed by atoms with Crippen molar-refractivity contribution in [1.29, 1.82) is 0 Å². The van der Waals surface area contributed by atoms with Crippen molar-refractivity contribution in [3.8, 4) is 0 Å². The van der Waals surface area contributed by atoms with E-state index in [1.54, 1.807) is 19.0 Å². The van der Waals surface area contributed by atoms with Crippen molar-refractivity contribution in [2.75, 3.05) is 20.6 Å². The molecule has 0 saturated carbocycles. The van der Waals surface area contributed by atoms with E-state index < -0.39 is 0 Å². The standard InChI is InChI=1S/C13H16N2O2/c1-14-8-13(16)15(2)9-11-7-10-5-3-4-6-12(10)17-11/h3-7,14H,8-9H2,1-2H3. The molecule has 0 aliphatic rings. The van der Waals surface area contributed by atoms with Gasteiger partial charge in [-0.3, -0.25) is 4.79 Å². The largest absolute Gasteiger partial charge is 0.459 e. The van der Waals surface area contributed by atoms with Gasteiger partial charge in [-0.2, -0.15) is 0 Å². The molecule has 90 valence electrons. The van der Waals surface area contributed by atoms with Gasteiger partial charge in [0, 0.05) is 12.4 Å². The number of carbonyl (C=O) groups is 1. The van der Waals surface area contributed by atoms with Gasteiger partial charge in [-0.15, -0.1) is 0 Å². The number of hydrogen-bond donors (Lipinski definition) is 1. The maximum atomic E-state index is 11.6. The monoisotopic (exact) mass is 232 g/mol. The van der Waals surface area contributed by atoms with Crippen LogP contribution in [0.1, 0.15) is 5.76 Å². The summed E-state index contributed by atoms with van der Waals surface area (Å²) in [6.07, 6.45) is 0. The molecule has 0 spiro atoms. The molecule has 1 heterocycles. The minimum Gasteiger partial charge on any atom is -0.459 e. The molecule has 1 N–H and O–H groups in total. The van der Waals surface area contributed by atoms with Gasteiger partial charge in [-0.1, -0.05) is 18.2 Å². The first-order chi connectivity index (χ1) is 8.20. The molecule has 1 aromatic heterocycles. The van der Waals surface area contributed by atoms with Crippen LogP contribution in [-0.4, -0.2) is 31.4 Å². The number of carbonyl (C=O) groups excluding carboxylic acids is 1. The fourth-order valence-corrected chi connectivity index (χ4v) is 1.72. The molecule has 0 saturated heterocycles. The van der Waals surface area contributed by atoms with Gasteiger partial charge in [0.1, 0.15) is 11.3 Å². The van der Waals surface area contributed by atoms with Crippen molar-refractivity contribution in [3.05, 3.63) is 36.1 Å². The third-order valence-corrected chi connectivity index (χ3v) is 2.62. The Bertz CT molecular complexity index is 486. The molecule has 0 bridgehead atoms. The summed E-state index contributed by atoms with van der Waals surface area (Å²) >= 11 is 0. The third-order valence-electron chi connectivity index (χ3n) is 2.62. The molecule has 17 heavy (non-hydrogen) atoms. The summed E-state index contributed by atoms with van der Waals surface area (Å²) in [6.45, 7) is 0.839.